The third-order valence-corrected chi connectivity index (χ3v) is 6.38. The maximum absolute atomic E-state index is 12.9. The molecule has 1 fully saturated rings. The second kappa shape index (κ2) is 8.12. The van der Waals surface area contributed by atoms with E-state index in [0.29, 0.717) is 30.4 Å². The number of benzene rings is 2. The summed E-state index contributed by atoms with van der Waals surface area (Å²) in [6.45, 7) is 1.75. The van der Waals surface area contributed by atoms with Crippen LogP contribution in [0.2, 0.25) is 0 Å². The van der Waals surface area contributed by atoms with Crippen molar-refractivity contribution in [1.29, 1.82) is 0 Å². The lowest BCUT2D eigenvalue weighted by Gasteiger charge is -2.30. The van der Waals surface area contributed by atoms with Crippen molar-refractivity contribution in [3.8, 4) is 11.1 Å². The molecule has 6 heteroatoms. The van der Waals surface area contributed by atoms with Crippen molar-refractivity contribution < 1.29 is 8.42 Å². The fourth-order valence-electron chi connectivity index (χ4n) is 3.00. The molecule has 0 atom stereocenters. The van der Waals surface area contributed by atoms with E-state index in [1.165, 1.54) is 0 Å². The van der Waals surface area contributed by atoms with Crippen molar-refractivity contribution >= 4 is 22.4 Å². The molecule has 130 valence electrons. The average Bonchev–Trinajstić information content (AvgIpc) is 2.62. The lowest BCUT2D eigenvalue weighted by molar-refractivity contribution is 0.278. The number of nitrogens with zero attached hydrogens (tertiary/aromatic N) is 1. The Morgan fingerprint density at radius 3 is 2.21 bits per heavy atom. The molecule has 1 aliphatic rings. The zero-order valence-electron chi connectivity index (χ0n) is 13.5. The summed E-state index contributed by atoms with van der Waals surface area (Å²) < 4.78 is 27.3. The molecule has 2 aromatic carbocycles. The summed E-state index contributed by atoms with van der Waals surface area (Å²) in [7, 11) is -3.43. The molecule has 1 aliphatic heterocycles. The lowest BCUT2D eigenvalue weighted by Crippen LogP contribution is -2.40. The summed E-state index contributed by atoms with van der Waals surface area (Å²) in [4.78, 5) is 0.366. The predicted octanol–water partition coefficient (Wildman–Crippen LogP) is 3.13. The predicted molar refractivity (Wildman–Crippen MR) is 99.7 cm³/mol. The molecule has 0 unspecified atom stereocenters. The first kappa shape index (κ1) is 18.9. The van der Waals surface area contributed by atoms with E-state index in [2.05, 4.69) is 0 Å². The highest BCUT2D eigenvalue weighted by atomic mass is 35.5. The highest BCUT2D eigenvalue weighted by Crippen LogP contribution is 2.26. The van der Waals surface area contributed by atoms with Crippen molar-refractivity contribution in [2.45, 2.75) is 17.7 Å². The molecule has 2 aromatic rings. The number of nitrogens with two attached hydrogens (primary N) is 1. The smallest absolute Gasteiger partial charge is 0.243 e. The number of hydrogen-bond donors (Lipinski definition) is 1. The Morgan fingerprint density at radius 2 is 1.58 bits per heavy atom. The molecule has 1 heterocycles. The highest BCUT2D eigenvalue weighted by molar-refractivity contribution is 7.89. The van der Waals surface area contributed by atoms with Gasteiger partial charge >= 0.3 is 0 Å². The minimum atomic E-state index is -3.43. The van der Waals surface area contributed by atoms with Gasteiger partial charge in [0.2, 0.25) is 10.0 Å². The maximum Gasteiger partial charge on any atom is 0.243 e. The summed E-state index contributed by atoms with van der Waals surface area (Å²) >= 11 is 0. The molecule has 0 spiro atoms. The number of sulfonamides is 1. The van der Waals surface area contributed by atoms with E-state index in [0.717, 1.165) is 24.0 Å². The van der Waals surface area contributed by atoms with Gasteiger partial charge in [-0.15, -0.1) is 12.4 Å². The monoisotopic (exact) mass is 366 g/mol. The first-order valence-corrected chi connectivity index (χ1v) is 9.41. The molecule has 0 bridgehead atoms. The van der Waals surface area contributed by atoms with Crippen LogP contribution in [0.15, 0.2) is 59.5 Å². The second-order valence-electron chi connectivity index (χ2n) is 5.98. The maximum atomic E-state index is 12.9. The average molecular weight is 367 g/mol. The van der Waals surface area contributed by atoms with Crippen LogP contribution in [-0.2, 0) is 10.0 Å². The molecule has 0 aliphatic carbocycles. The van der Waals surface area contributed by atoms with Crippen LogP contribution >= 0.6 is 12.4 Å². The van der Waals surface area contributed by atoms with Crippen LogP contribution in [0.4, 0.5) is 0 Å². The van der Waals surface area contributed by atoms with Crippen molar-refractivity contribution in [3.63, 3.8) is 0 Å². The fraction of sp³-hybridized carbons (Fsp3) is 0.333. The molecule has 2 N–H and O–H groups in total. The van der Waals surface area contributed by atoms with E-state index in [4.69, 9.17) is 5.73 Å². The molecule has 3 rings (SSSR count). The third-order valence-electron chi connectivity index (χ3n) is 4.49. The quantitative estimate of drug-likeness (QED) is 0.904. The van der Waals surface area contributed by atoms with Gasteiger partial charge in [0, 0.05) is 13.1 Å². The highest BCUT2D eigenvalue weighted by Gasteiger charge is 2.29. The summed E-state index contributed by atoms with van der Waals surface area (Å²) in [6, 6.07) is 17.0. The van der Waals surface area contributed by atoms with Crippen LogP contribution in [0, 0.1) is 5.92 Å². The molecule has 1 saturated heterocycles. The van der Waals surface area contributed by atoms with E-state index in [-0.39, 0.29) is 12.4 Å². The number of rotatable bonds is 4. The van der Waals surface area contributed by atoms with Crippen LogP contribution in [0.25, 0.3) is 11.1 Å². The van der Waals surface area contributed by atoms with Crippen molar-refractivity contribution in [2.75, 3.05) is 19.6 Å². The van der Waals surface area contributed by atoms with Gasteiger partial charge in [0.1, 0.15) is 0 Å². The van der Waals surface area contributed by atoms with Crippen molar-refractivity contribution in [1.82, 2.24) is 4.31 Å². The van der Waals surface area contributed by atoms with E-state index >= 15 is 0 Å². The fourth-order valence-corrected chi connectivity index (χ4v) is 4.52. The standard InChI is InChI=1S/C18H22N2O2S.ClH/c19-14-15-9-11-20(12-10-15)23(21,22)18-8-4-7-17(13-18)16-5-2-1-3-6-16;/h1-8,13,15H,9-12,14,19H2;1H. The Kier molecular flexibility index (Phi) is 6.40. The van der Waals surface area contributed by atoms with Gasteiger partial charge in [-0.05, 0) is 48.6 Å². The van der Waals surface area contributed by atoms with Gasteiger partial charge in [-0.2, -0.15) is 4.31 Å². The molecule has 0 amide bonds. The minimum Gasteiger partial charge on any atom is -0.330 e. The lowest BCUT2D eigenvalue weighted by atomic mass is 9.99. The Labute approximate surface area is 150 Å². The zero-order chi connectivity index (χ0) is 16.3. The topological polar surface area (TPSA) is 63.4 Å². The molecule has 4 nitrogen and oxygen atoms in total. The molecule has 0 radical (unpaired) electrons. The first-order chi connectivity index (χ1) is 11.1. The van der Waals surface area contributed by atoms with Gasteiger partial charge < -0.3 is 5.73 Å². The molecule has 0 aromatic heterocycles. The van der Waals surface area contributed by atoms with Crippen LogP contribution in [0.3, 0.4) is 0 Å². The SMILES string of the molecule is Cl.NCC1CCN(S(=O)(=O)c2cccc(-c3ccccc3)c2)CC1. The normalized spacial score (nSPS) is 16.5. The number of piperidine rings is 1. The van der Waals surface area contributed by atoms with Crippen LogP contribution in [0.5, 0.6) is 0 Å². The van der Waals surface area contributed by atoms with E-state index in [9.17, 15) is 8.42 Å². The van der Waals surface area contributed by atoms with Crippen LogP contribution in [-0.4, -0.2) is 32.4 Å². The first-order valence-electron chi connectivity index (χ1n) is 7.97. The van der Waals surface area contributed by atoms with E-state index in [1.807, 2.05) is 42.5 Å². The van der Waals surface area contributed by atoms with E-state index < -0.39 is 10.0 Å². The summed E-state index contributed by atoms with van der Waals surface area (Å²) in [6.07, 6.45) is 1.68. The number of halogens is 1. The largest absolute Gasteiger partial charge is 0.330 e. The summed E-state index contributed by atoms with van der Waals surface area (Å²) in [5, 5.41) is 0. The Balaban J connectivity index is 0.00000208. The Bertz CT molecular complexity index is 758. The Morgan fingerprint density at radius 1 is 0.958 bits per heavy atom. The van der Waals surface area contributed by atoms with E-state index in [1.54, 1.807) is 16.4 Å². The molecular weight excluding hydrogens is 344 g/mol. The van der Waals surface area contributed by atoms with Gasteiger partial charge in [-0.25, -0.2) is 8.42 Å². The number of hydrogen-bond acceptors (Lipinski definition) is 3. The third kappa shape index (κ3) is 3.98. The second-order valence-corrected chi connectivity index (χ2v) is 7.91. The van der Waals surface area contributed by atoms with Crippen molar-refractivity contribution in [3.05, 3.63) is 54.6 Å². The minimum absolute atomic E-state index is 0. The summed E-state index contributed by atoms with van der Waals surface area (Å²) in [5.74, 6) is 0.442. The van der Waals surface area contributed by atoms with Gasteiger partial charge in [-0.1, -0.05) is 42.5 Å². The van der Waals surface area contributed by atoms with Gasteiger partial charge in [0.15, 0.2) is 0 Å². The van der Waals surface area contributed by atoms with Crippen LogP contribution < -0.4 is 5.73 Å². The zero-order valence-corrected chi connectivity index (χ0v) is 15.1. The van der Waals surface area contributed by atoms with Crippen LogP contribution in [0.1, 0.15) is 12.8 Å². The Hall–Kier alpha value is -1.40. The van der Waals surface area contributed by atoms with Gasteiger partial charge in [0.05, 0.1) is 4.90 Å². The molecule has 24 heavy (non-hydrogen) atoms. The summed E-state index contributed by atoms with van der Waals surface area (Å²) in [5.41, 5.74) is 7.62. The molecular formula is C18H23ClN2O2S. The van der Waals surface area contributed by atoms with Gasteiger partial charge in [-0.3, -0.25) is 0 Å². The molecule has 0 saturated carbocycles. The van der Waals surface area contributed by atoms with Gasteiger partial charge in [0.25, 0.3) is 0 Å². The van der Waals surface area contributed by atoms with Crippen molar-refractivity contribution in [2.24, 2.45) is 11.7 Å².